The number of hydrogen-bond acceptors (Lipinski definition) is 5. The topological polar surface area (TPSA) is 68.6 Å². The maximum atomic E-state index is 13.0. The van der Waals surface area contributed by atoms with Gasteiger partial charge in [0.15, 0.2) is 0 Å². The molecule has 6 heteroatoms. The zero-order valence-electron chi connectivity index (χ0n) is 16.9. The molecule has 1 amide bonds. The Bertz CT molecular complexity index is 817. The van der Waals surface area contributed by atoms with Crippen molar-refractivity contribution in [3.63, 3.8) is 0 Å². The van der Waals surface area contributed by atoms with E-state index in [1.807, 2.05) is 49.4 Å². The summed E-state index contributed by atoms with van der Waals surface area (Å²) in [6.45, 7) is 4.99. The monoisotopic (exact) mass is 392 g/mol. The van der Waals surface area contributed by atoms with Gasteiger partial charge in [0.2, 0.25) is 5.91 Å². The molecule has 0 bridgehead atoms. The van der Waals surface area contributed by atoms with Gasteiger partial charge in [-0.15, -0.1) is 0 Å². The molecule has 1 heterocycles. The largest absolute Gasteiger partial charge is 0.494 e. The molecule has 1 unspecified atom stereocenters. The highest BCUT2D eigenvalue weighted by atomic mass is 16.5. The molecule has 1 atom stereocenters. The van der Waals surface area contributed by atoms with E-state index in [-0.39, 0.29) is 5.91 Å². The van der Waals surface area contributed by atoms with Crippen LogP contribution in [0.3, 0.4) is 0 Å². The second-order valence-corrected chi connectivity index (χ2v) is 7.11. The van der Waals surface area contributed by atoms with E-state index in [0.29, 0.717) is 32.2 Å². The van der Waals surface area contributed by atoms with E-state index in [2.05, 4.69) is 28.4 Å². The summed E-state index contributed by atoms with van der Waals surface area (Å²) in [7, 11) is 0. The predicted octanol–water partition coefficient (Wildman–Crippen LogP) is 3.52. The van der Waals surface area contributed by atoms with Crippen LogP contribution in [0.4, 0.5) is 11.4 Å². The summed E-state index contributed by atoms with van der Waals surface area (Å²) in [5.41, 5.74) is 1.91. The third-order valence-electron chi connectivity index (χ3n) is 4.98. The first-order valence-corrected chi connectivity index (χ1v) is 10.1. The number of amides is 1. The number of rotatable bonds is 9. The van der Waals surface area contributed by atoms with Gasteiger partial charge in [0, 0.05) is 37.1 Å². The Morgan fingerprint density at radius 2 is 2.00 bits per heavy atom. The summed E-state index contributed by atoms with van der Waals surface area (Å²) in [6, 6.07) is 20.1. The van der Waals surface area contributed by atoms with Crippen molar-refractivity contribution < 1.29 is 9.53 Å². The quantitative estimate of drug-likeness (QED) is 0.707. The highest BCUT2D eigenvalue weighted by Crippen LogP contribution is 2.21. The van der Waals surface area contributed by atoms with Crippen molar-refractivity contribution in [1.29, 1.82) is 5.26 Å². The highest BCUT2D eigenvalue weighted by Gasteiger charge is 2.26. The molecule has 0 aromatic heterocycles. The summed E-state index contributed by atoms with van der Waals surface area (Å²) < 4.78 is 5.48. The van der Waals surface area contributed by atoms with Crippen LogP contribution in [0.5, 0.6) is 5.75 Å². The van der Waals surface area contributed by atoms with Crippen molar-refractivity contribution >= 4 is 17.3 Å². The second kappa shape index (κ2) is 10.5. The fraction of sp³-hybridized carbons (Fsp3) is 0.391. The molecule has 1 aliphatic heterocycles. The molecular weight excluding hydrogens is 364 g/mol. The van der Waals surface area contributed by atoms with Gasteiger partial charge >= 0.3 is 0 Å². The van der Waals surface area contributed by atoms with Crippen LogP contribution in [-0.2, 0) is 4.79 Å². The minimum atomic E-state index is 0.0183. The normalized spacial score (nSPS) is 16.2. The van der Waals surface area contributed by atoms with Crippen LogP contribution in [0.2, 0.25) is 0 Å². The van der Waals surface area contributed by atoms with Gasteiger partial charge in [0.1, 0.15) is 5.75 Å². The molecular formula is C23H28N4O2. The van der Waals surface area contributed by atoms with Crippen LogP contribution < -0.4 is 15.0 Å². The Kier molecular flexibility index (Phi) is 7.48. The van der Waals surface area contributed by atoms with E-state index in [1.165, 1.54) is 0 Å². The smallest absolute Gasteiger partial charge is 0.241 e. The molecule has 2 aromatic rings. The molecule has 0 spiro atoms. The number of likely N-dealkylation sites (tertiary alicyclic amines) is 1. The Labute approximate surface area is 172 Å². The number of benzene rings is 2. The van der Waals surface area contributed by atoms with Crippen LogP contribution in [-0.4, -0.2) is 49.6 Å². The lowest BCUT2D eigenvalue weighted by Crippen LogP contribution is -2.40. The van der Waals surface area contributed by atoms with E-state index < -0.39 is 0 Å². The molecule has 3 rings (SSSR count). The molecule has 1 N–H and O–H groups in total. The zero-order valence-corrected chi connectivity index (χ0v) is 16.9. The van der Waals surface area contributed by atoms with Gasteiger partial charge < -0.3 is 15.0 Å². The third-order valence-corrected chi connectivity index (χ3v) is 4.98. The molecule has 1 saturated heterocycles. The van der Waals surface area contributed by atoms with E-state index in [9.17, 15) is 4.79 Å². The van der Waals surface area contributed by atoms with Gasteiger partial charge in [-0.05, 0) is 49.7 Å². The van der Waals surface area contributed by atoms with Crippen LogP contribution in [0.25, 0.3) is 0 Å². The fourth-order valence-electron chi connectivity index (χ4n) is 3.59. The molecule has 0 radical (unpaired) electrons. The number of hydrogen-bond donors (Lipinski definition) is 1. The SMILES string of the molecule is CCOc1ccc(N(CCC#N)C(=O)CN2CCC(Nc3ccccc3)C2)cc1. The Morgan fingerprint density at radius 1 is 1.24 bits per heavy atom. The molecule has 152 valence electrons. The minimum absolute atomic E-state index is 0.0183. The predicted molar refractivity (Wildman–Crippen MR) is 115 cm³/mol. The summed E-state index contributed by atoms with van der Waals surface area (Å²) in [5.74, 6) is 0.795. The van der Waals surface area contributed by atoms with E-state index in [4.69, 9.17) is 10.00 Å². The number of nitrogens with one attached hydrogen (secondary N) is 1. The van der Waals surface area contributed by atoms with E-state index >= 15 is 0 Å². The van der Waals surface area contributed by atoms with Crippen molar-refractivity contribution in [3.05, 3.63) is 54.6 Å². The summed E-state index contributed by atoms with van der Waals surface area (Å²) in [6.07, 6.45) is 1.31. The standard InChI is InChI=1S/C23H28N4O2/c1-2-29-22-11-9-21(10-12-22)27(15-6-14-24)23(28)18-26-16-13-20(17-26)25-19-7-4-3-5-8-19/h3-5,7-12,20,25H,2,6,13,15-18H2,1H3. The lowest BCUT2D eigenvalue weighted by atomic mass is 10.2. The number of nitrogens with zero attached hydrogens (tertiary/aromatic N) is 3. The Morgan fingerprint density at radius 3 is 2.69 bits per heavy atom. The van der Waals surface area contributed by atoms with Crippen molar-refractivity contribution in [2.75, 3.05) is 43.0 Å². The van der Waals surface area contributed by atoms with Crippen LogP contribution in [0, 0.1) is 11.3 Å². The van der Waals surface area contributed by atoms with Gasteiger partial charge in [-0.25, -0.2) is 0 Å². The van der Waals surface area contributed by atoms with Crippen LogP contribution >= 0.6 is 0 Å². The first kappa shape index (κ1) is 20.7. The van der Waals surface area contributed by atoms with Crippen molar-refractivity contribution in [1.82, 2.24) is 4.90 Å². The molecule has 1 fully saturated rings. The number of anilines is 2. The number of carbonyl (C=O) groups is 1. The van der Waals surface area contributed by atoms with Gasteiger partial charge in [-0.2, -0.15) is 5.26 Å². The fourth-order valence-corrected chi connectivity index (χ4v) is 3.59. The minimum Gasteiger partial charge on any atom is -0.494 e. The summed E-state index contributed by atoms with van der Waals surface area (Å²) in [4.78, 5) is 16.9. The molecule has 2 aromatic carbocycles. The second-order valence-electron chi connectivity index (χ2n) is 7.11. The Balaban J connectivity index is 1.59. The maximum Gasteiger partial charge on any atom is 0.241 e. The number of carbonyl (C=O) groups excluding carboxylic acids is 1. The number of para-hydroxylation sites is 1. The first-order chi connectivity index (χ1) is 14.2. The van der Waals surface area contributed by atoms with Crippen LogP contribution in [0.1, 0.15) is 19.8 Å². The van der Waals surface area contributed by atoms with Crippen molar-refractivity contribution in [3.8, 4) is 11.8 Å². The zero-order chi connectivity index (χ0) is 20.5. The molecule has 6 nitrogen and oxygen atoms in total. The first-order valence-electron chi connectivity index (χ1n) is 10.1. The van der Waals surface area contributed by atoms with Gasteiger partial charge in [0.25, 0.3) is 0 Å². The van der Waals surface area contributed by atoms with Gasteiger partial charge in [0.05, 0.1) is 25.6 Å². The molecule has 0 aliphatic carbocycles. The van der Waals surface area contributed by atoms with Gasteiger partial charge in [-0.1, -0.05) is 18.2 Å². The molecule has 0 saturated carbocycles. The average molecular weight is 393 g/mol. The lowest BCUT2D eigenvalue weighted by Gasteiger charge is -2.25. The van der Waals surface area contributed by atoms with Crippen LogP contribution in [0.15, 0.2) is 54.6 Å². The number of nitriles is 1. The van der Waals surface area contributed by atoms with Crippen molar-refractivity contribution in [2.45, 2.75) is 25.8 Å². The lowest BCUT2D eigenvalue weighted by molar-refractivity contribution is -0.119. The summed E-state index contributed by atoms with van der Waals surface area (Å²) >= 11 is 0. The van der Waals surface area contributed by atoms with Crippen molar-refractivity contribution in [2.24, 2.45) is 0 Å². The molecule has 1 aliphatic rings. The summed E-state index contributed by atoms with van der Waals surface area (Å²) in [5, 5.41) is 12.5. The van der Waals surface area contributed by atoms with Gasteiger partial charge in [-0.3, -0.25) is 9.69 Å². The molecule has 29 heavy (non-hydrogen) atoms. The average Bonchev–Trinajstić information content (AvgIpc) is 3.17. The number of ether oxygens (including phenoxy) is 1. The maximum absolute atomic E-state index is 13.0. The van der Waals surface area contributed by atoms with E-state index in [0.717, 1.165) is 36.6 Å². The third kappa shape index (κ3) is 5.97. The Hall–Kier alpha value is -3.04. The highest BCUT2D eigenvalue weighted by molar-refractivity contribution is 5.94. The van der Waals surface area contributed by atoms with E-state index in [1.54, 1.807) is 4.90 Å².